The number of carbonyl (C=O) groups excluding carboxylic acids is 1. The summed E-state index contributed by atoms with van der Waals surface area (Å²) in [7, 11) is 0. The lowest BCUT2D eigenvalue weighted by Gasteiger charge is -2.24. The molecule has 0 spiro atoms. The summed E-state index contributed by atoms with van der Waals surface area (Å²) in [5, 5.41) is 12.3. The molecule has 124 valence electrons. The minimum Gasteiger partial charge on any atom is -0.493 e. The van der Waals surface area contributed by atoms with Crippen LogP contribution >= 0.6 is 0 Å². The molecule has 1 saturated heterocycles. The second kappa shape index (κ2) is 6.10. The van der Waals surface area contributed by atoms with Gasteiger partial charge in [0.1, 0.15) is 5.75 Å². The predicted molar refractivity (Wildman–Crippen MR) is 84.4 cm³/mol. The number of likely N-dealkylation sites (tertiary alicyclic amines) is 1. The Balaban J connectivity index is 1.70. The Kier molecular flexibility index (Phi) is 4.15. The minimum absolute atomic E-state index is 0.0992. The number of rotatable bonds is 2. The van der Waals surface area contributed by atoms with Gasteiger partial charge in [-0.05, 0) is 32.3 Å². The molecule has 0 aromatic heterocycles. The Morgan fingerprint density at radius 1 is 1.39 bits per heavy atom. The maximum absolute atomic E-state index is 12.5. The highest BCUT2D eigenvalue weighted by atomic mass is 16.5. The smallest absolute Gasteiger partial charge is 0.317 e. The SMILES string of the molecule is CC1(C(=O)O)CCN(C(=O)NC2CCCOc3ccccc32)C1. The van der Waals surface area contributed by atoms with Crippen molar-refractivity contribution in [2.75, 3.05) is 19.7 Å². The van der Waals surface area contributed by atoms with Gasteiger partial charge < -0.3 is 20.1 Å². The van der Waals surface area contributed by atoms with Crippen molar-refractivity contribution in [3.05, 3.63) is 29.8 Å². The zero-order valence-electron chi connectivity index (χ0n) is 13.2. The fraction of sp³-hybridized carbons (Fsp3) is 0.529. The molecule has 6 nitrogen and oxygen atoms in total. The molecule has 2 N–H and O–H groups in total. The standard InChI is InChI=1S/C17H22N2O4/c1-17(15(20)21)8-9-19(11-17)16(22)18-13-6-4-10-23-14-7-3-2-5-12(13)14/h2-3,5,7,13H,4,6,8-11H2,1H3,(H,18,22)(H,20,21). The lowest BCUT2D eigenvalue weighted by atomic mass is 9.90. The van der Waals surface area contributed by atoms with E-state index in [0.717, 1.165) is 24.2 Å². The number of hydrogen-bond acceptors (Lipinski definition) is 3. The molecule has 0 aliphatic carbocycles. The number of carboxylic acid groups (broad SMARTS) is 1. The zero-order valence-corrected chi connectivity index (χ0v) is 13.2. The van der Waals surface area contributed by atoms with Crippen molar-refractivity contribution in [1.29, 1.82) is 0 Å². The monoisotopic (exact) mass is 318 g/mol. The molecule has 23 heavy (non-hydrogen) atoms. The van der Waals surface area contributed by atoms with Crippen molar-refractivity contribution >= 4 is 12.0 Å². The zero-order chi connectivity index (χ0) is 16.4. The lowest BCUT2D eigenvalue weighted by Crippen LogP contribution is -2.42. The molecular weight excluding hydrogens is 296 g/mol. The summed E-state index contributed by atoms with van der Waals surface area (Å²) < 4.78 is 5.71. The van der Waals surface area contributed by atoms with Crippen LogP contribution in [0.3, 0.4) is 0 Å². The first-order valence-electron chi connectivity index (χ1n) is 8.00. The average molecular weight is 318 g/mol. The molecule has 0 bridgehead atoms. The molecule has 0 saturated carbocycles. The first-order valence-corrected chi connectivity index (χ1v) is 8.00. The number of ether oxygens (including phenoxy) is 1. The molecule has 2 heterocycles. The Bertz CT molecular complexity index is 618. The van der Waals surface area contributed by atoms with Gasteiger partial charge in [-0.2, -0.15) is 0 Å². The van der Waals surface area contributed by atoms with E-state index in [1.54, 1.807) is 11.8 Å². The molecule has 2 amide bonds. The lowest BCUT2D eigenvalue weighted by molar-refractivity contribution is -0.147. The van der Waals surface area contributed by atoms with E-state index in [1.165, 1.54) is 0 Å². The Hall–Kier alpha value is -2.24. The molecule has 2 aliphatic rings. The fourth-order valence-electron chi connectivity index (χ4n) is 3.22. The Labute approximate surface area is 135 Å². The third-order valence-corrected chi connectivity index (χ3v) is 4.76. The van der Waals surface area contributed by atoms with Gasteiger partial charge in [0.05, 0.1) is 18.1 Å². The third-order valence-electron chi connectivity index (χ3n) is 4.76. The largest absolute Gasteiger partial charge is 0.493 e. The quantitative estimate of drug-likeness (QED) is 0.877. The van der Waals surface area contributed by atoms with Crippen LogP contribution in [-0.4, -0.2) is 41.7 Å². The molecular formula is C17H22N2O4. The van der Waals surface area contributed by atoms with E-state index in [1.807, 2.05) is 24.3 Å². The van der Waals surface area contributed by atoms with Crippen molar-refractivity contribution < 1.29 is 19.4 Å². The summed E-state index contributed by atoms with van der Waals surface area (Å²) in [6, 6.07) is 7.44. The molecule has 3 rings (SSSR count). The number of carboxylic acids is 1. The van der Waals surface area contributed by atoms with Crippen molar-refractivity contribution in [3.8, 4) is 5.75 Å². The highest BCUT2D eigenvalue weighted by Crippen LogP contribution is 2.33. The van der Waals surface area contributed by atoms with Crippen LogP contribution < -0.4 is 10.1 Å². The van der Waals surface area contributed by atoms with Crippen molar-refractivity contribution in [2.24, 2.45) is 5.41 Å². The number of nitrogens with zero attached hydrogens (tertiary/aromatic N) is 1. The summed E-state index contributed by atoms with van der Waals surface area (Å²) in [4.78, 5) is 25.4. The van der Waals surface area contributed by atoms with Gasteiger partial charge in [0.25, 0.3) is 0 Å². The van der Waals surface area contributed by atoms with Gasteiger partial charge in [-0.25, -0.2) is 4.79 Å². The highest BCUT2D eigenvalue weighted by Gasteiger charge is 2.42. The van der Waals surface area contributed by atoms with Gasteiger partial charge in [0, 0.05) is 18.7 Å². The van der Waals surface area contributed by atoms with Crippen LogP contribution in [0.1, 0.15) is 37.8 Å². The first-order chi connectivity index (χ1) is 11.0. The van der Waals surface area contributed by atoms with Crippen LogP contribution in [0.2, 0.25) is 0 Å². The van der Waals surface area contributed by atoms with E-state index in [9.17, 15) is 14.7 Å². The number of fused-ring (bicyclic) bond motifs is 1. The maximum Gasteiger partial charge on any atom is 0.317 e. The summed E-state index contributed by atoms with van der Waals surface area (Å²) in [6.45, 7) is 3.06. The second-order valence-electron chi connectivity index (χ2n) is 6.57. The maximum atomic E-state index is 12.5. The molecule has 1 fully saturated rings. The van der Waals surface area contributed by atoms with Gasteiger partial charge in [-0.3, -0.25) is 4.79 Å². The molecule has 1 aromatic carbocycles. The average Bonchev–Trinajstić information content (AvgIpc) is 2.84. The van der Waals surface area contributed by atoms with E-state index in [0.29, 0.717) is 19.6 Å². The minimum atomic E-state index is -0.846. The summed E-state index contributed by atoms with van der Waals surface area (Å²) in [5.41, 5.74) is 0.139. The van der Waals surface area contributed by atoms with Crippen LogP contribution in [0.25, 0.3) is 0 Å². The Morgan fingerprint density at radius 3 is 2.91 bits per heavy atom. The van der Waals surface area contributed by atoms with E-state index >= 15 is 0 Å². The van der Waals surface area contributed by atoms with E-state index in [2.05, 4.69) is 5.32 Å². The summed E-state index contributed by atoms with van der Waals surface area (Å²) in [5.74, 6) is -0.0342. The number of urea groups is 1. The number of para-hydroxylation sites is 1. The van der Waals surface area contributed by atoms with Gasteiger partial charge in [-0.1, -0.05) is 18.2 Å². The van der Waals surface area contributed by atoms with E-state index < -0.39 is 11.4 Å². The molecule has 2 unspecified atom stereocenters. The molecule has 2 aliphatic heterocycles. The van der Waals surface area contributed by atoms with Crippen molar-refractivity contribution in [2.45, 2.75) is 32.2 Å². The van der Waals surface area contributed by atoms with Crippen molar-refractivity contribution in [1.82, 2.24) is 10.2 Å². The number of benzene rings is 1. The molecule has 2 atom stereocenters. The van der Waals surface area contributed by atoms with Crippen LogP contribution in [0, 0.1) is 5.41 Å². The van der Waals surface area contributed by atoms with Crippen LogP contribution in [0.5, 0.6) is 5.75 Å². The topological polar surface area (TPSA) is 78.9 Å². The number of nitrogens with one attached hydrogen (secondary N) is 1. The van der Waals surface area contributed by atoms with Crippen LogP contribution in [-0.2, 0) is 4.79 Å². The van der Waals surface area contributed by atoms with Gasteiger partial charge in [0.15, 0.2) is 0 Å². The van der Waals surface area contributed by atoms with Crippen molar-refractivity contribution in [3.63, 3.8) is 0 Å². The Morgan fingerprint density at radius 2 is 2.17 bits per heavy atom. The number of hydrogen-bond donors (Lipinski definition) is 2. The molecule has 6 heteroatoms. The van der Waals surface area contributed by atoms with E-state index in [4.69, 9.17) is 4.74 Å². The van der Waals surface area contributed by atoms with Crippen LogP contribution in [0.4, 0.5) is 4.79 Å². The first kappa shape index (κ1) is 15.6. The normalized spacial score (nSPS) is 26.8. The number of carbonyl (C=O) groups is 2. The highest BCUT2D eigenvalue weighted by molar-refractivity contribution is 5.79. The van der Waals surface area contributed by atoms with E-state index in [-0.39, 0.29) is 18.6 Å². The fourth-order valence-corrected chi connectivity index (χ4v) is 3.22. The van der Waals surface area contributed by atoms with Gasteiger partial charge in [0.2, 0.25) is 0 Å². The third kappa shape index (κ3) is 3.11. The summed E-state index contributed by atoms with van der Waals surface area (Å²) in [6.07, 6.45) is 2.17. The molecule has 1 aromatic rings. The summed E-state index contributed by atoms with van der Waals surface area (Å²) >= 11 is 0. The second-order valence-corrected chi connectivity index (χ2v) is 6.57. The molecule has 0 radical (unpaired) electrons. The van der Waals surface area contributed by atoms with Gasteiger partial charge in [-0.15, -0.1) is 0 Å². The number of amides is 2. The van der Waals surface area contributed by atoms with Gasteiger partial charge >= 0.3 is 12.0 Å². The van der Waals surface area contributed by atoms with Crippen LogP contribution in [0.15, 0.2) is 24.3 Å². The number of aliphatic carboxylic acids is 1. The predicted octanol–water partition coefficient (Wildman–Crippen LogP) is 2.41.